The molecule has 3 N–H and O–H groups in total. The Bertz CT molecular complexity index is 1300. The molecular weight excluding hydrogens is 428 g/mol. The van der Waals surface area contributed by atoms with E-state index in [1.54, 1.807) is 12.3 Å². The number of hydrogen-bond donors (Lipinski definition) is 2. The summed E-state index contributed by atoms with van der Waals surface area (Å²) in [4.78, 5) is 8.41. The zero-order chi connectivity index (χ0) is 24.1. The molecule has 2 heterocycles. The molecule has 2 aromatic carbocycles. The molecule has 4 aromatic rings. The third-order valence-corrected chi connectivity index (χ3v) is 5.51. The van der Waals surface area contributed by atoms with Crippen LogP contribution in [0.3, 0.4) is 0 Å². The van der Waals surface area contributed by atoms with Crippen molar-refractivity contribution < 1.29 is 0 Å². The van der Waals surface area contributed by atoms with E-state index in [0.717, 1.165) is 28.1 Å². The Morgan fingerprint density at radius 2 is 1.11 bits per heavy atom. The maximum absolute atomic E-state index is 5.47. The molecule has 0 amide bonds. The topological polar surface area (TPSA) is 63.8 Å². The summed E-state index contributed by atoms with van der Waals surface area (Å²) in [6.45, 7) is 0. The van der Waals surface area contributed by atoms with E-state index in [9.17, 15) is 0 Å². The predicted octanol–water partition coefficient (Wildman–Crippen LogP) is 5.90. The lowest BCUT2D eigenvalue weighted by Gasteiger charge is -2.11. The highest BCUT2D eigenvalue weighted by atomic mass is 15.0. The summed E-state index contributed by atoms with van der Waals surface area (Å²) in [5.41, 5.74) is 9.32. The number of nitrogens with zero attached hydrogens (tertiary/aromatic N) is 2. The maximum Gasteiger partial charge on any atom is 0.126 e. The molecule has 0 aliphatic heterocycles. The fourth-order valence-corrected chi connectivity index (χ4v) is 3.64. The Labute approximate surface area is 207 Å². The molecule has 0 radical (unpaired) electrons. The number of anilines is 2. The lowest BCUT2D eigenvalue weighted by atomic mass is 10.2. The molecular formula is C31H28N4. The smallest absolute Gasteiger partial charge is 0.126 e. The fourth-order valence-electron chi connectivity index (χ4n) is 3.64. The van der Waals surface area contributed by atoms with E-state index in [2.05, 4.69) is 39.0 Å². The quantitative estimate of drug-likeness (QED) is 0.369. The van der Waals surface area contributed by atoms with Gasteiger partial charge in [-0.1, -0.05) is 72.9 Å². The van der Waals surface area contributed by atoms with Crippen molar-refractivity contribution in [1.29, 1.82) is 0 Å². The van der Waals surface area contributed by atoms with E-state index >= 15 is 0 Å². The molecule has 4 heteroatoms. The standard InChI is InChI=1S/C18H18N2.C13H10N2/c1-2-6-15(7-3-1)10-11-16-12-13-18(19-14-16)20-17-8-4-5-9-17;14-13-9-8-12(10-15-13)7-6-11-4-2-1-3-5-11/h1-3,6-7,12-14,17H,4-5,8-9H2,(H,19,20);1-5,8-10H,(H2,14,15). The van der Waals surface area contributed by atoms with Gasteiger partial charge in [0.1, 0.15) is 11.6 Å². The Balaban J connectivity index is 0.000000172. The van der Waals surface area contributed by atoms with Crippen molar-refractivity contribution in [3.8, 4) is 23.7 Å². The van der Waals surface area contributed by atoms with Crippen LogP contribution in [-0.2, 0) is 0 Å². The Kier molecular flexibility index (Phi) is 8.52. The number of aromatic nitrogens is 2. The summed E-state index contributed by atoms with van der Waals surface area (Å²) in [7, 11) is 0. The monoisotopic (exact) mass is 456 g/mol. The highest BCUT2D eigenvalue weighted by molar-refractivity contribution is 5.46. The summed E-state index contributed by atoms with van der Waals surface area (Å²) in [6, 6.07) is 28.1. The summed E-state index contributed by atoms with van der Waals surface area (Å²) in [5, 5.41) is 3.48. The molecule has 0 bridgehead atoms. The van der Waals surface area contributed by atoms with Gasteiger partial charge in [-0.05, 0) is 61.4 Å². The lowest BCUT2D eigenvalue weighted by Crippen LogP contribution is -2.15. The predicted molar refractivity (Wildman–Crippen MR) is 144 cm³/mol. The van der Waals surface area contributed by atoms with Crippen LogP contribution in [0.25, 0.3) is 0 Å². The SMILES string of the molecule is C(#Cc1ccc(NC2CCCC2)nc1)c1ccccc1.Nc1ccc(C#Cc2ccccc2)cn1. The van der Waals surface area contributed by atoms with Crippen LogP contribution in [0.1, 0.15) is 47.9 Å². The van der Waals surface area contributed by atoms with Gasteiger partial charge >= 0.3 is 0 Å². The number of hydrogen-bond acceptors (Lipinski definition) is 4. The first kappa shape index (κ1) is 23.6. The Hall–Kier alpha value is -4.54. The van der Waals surface area contributed by atoms with Crippen LogP contribution in [0.15, 0.2) is 97.3 Å². The lowest BCUT2D eigenvalue weighted by molar-refractivity contribution is 0.750. The van der Waals surface area contributed by atoms with Crippen LogP contribution in [-0.4, -0.2) is 16.0 Å². The van der Waals surface area contributed by atoms with E-state index in [0.29, 0.717) is 11.9 Å². The first-order valence-electron chi connectivity index (χ1n) is 11.8. The van der Waals surface area contributed by atoms with Gasteiger partial charge in [-0.3, -0.25) is 0 Å². The number of rotatable bonds is 2. The third-order valence-electron chi connectivity index (χ3n) is 5.51. The van der Waals surface area contributed by atoms with Gasteiger partial charge in [-0.15, -0.1) is 0 Å². The van der Waals surface area contributed by atoms with Gasteiger partial charge in [0.25, 0.3) is 0 Å². The number of nitrogens with one attached hydrogen (secondary N) is 1. The molecule has 0 spiro atoms. The molecule has 4 nitrogen and oxygen atoms in total. The van der Waals surface area contributed by atoms with Gasteiger partial charge in [0.2, 0.25) is 0 Å². The molecule has 2 aromatic heterocycles. The third kappa shape index (κ3) is 8.07. The van der Waals surface area contributed by atoms with Gasteiger partial charge in [0.15, 0.2) is 0 Å². The van der Waals surface area contributed by atoms with Crippen molar-refractivity contribution in [2.75, 3.05) is 11.1 Å². The average Bonchev–Trinajstić information content (AvgIpc) is 3.43. The minimum Gasteiger partial charge on any atom is -0.384 e. The molecule has 5 rings (SSSR count). The van der Waals surface area contributed by atoms with Crippen LogP contribution in [0.5, 0.6) is 0 Å². The molecule has 1 aliphatic carbocycles. The van der Waals surface area contributed by atoms with Crippen molar-refractivity contribution in [2.45, 2.75) is 31.7 Å². The molecule has 172 valence electrons. The maximum atomic E-state index is 5.47. The minimum atomic E-state index is 0.514. The van der Waals surface area contributed by atoms with Crippen molar-refractivity contribution in [1.82, 2.24) is 9.97 Å². The molecule has 1 fully saturated rings. The van der Waals surface area contributed by atoms with Crippen LogP contribution in [0.2, 0.25) is 0 Å². The fraction of sp³-hybridized carbons (Fsp3) is 0.161. The van der Waals surface area contributed by atoms with E-state index in [-0.39, 0.29) is 0 Å². The summed E-state index contributed by atoms with van der Waals surface area (Å²) in [6.07, 6.45) is 8.70. The van der Waals surface area contributed by atoms with Crippen molar-refractivity contribution >= 4 is 11.6 Å². The second-order valence-electron chi connectivity index (χ2n) is 8.26. The average molecular weight is 457 g/mol. The second-order valence-corrected chi connectivity index (χ2v) is 8.26. The van der Waals surface area contributed by atoms with Crippen LogP contribution in [0.4, 0.5) is 11.6 Å². The van der Waals surface area contributed by atoms with Crippen molar-refractivity contribution in [3.05, 3.63) is 120 Å². The normalized spacial score (nSPS) is 12.2. The minimum absolute atomic E-state index is 0.514. The zero-order valence-corrected chi connectivity index (χ0v) is 19.6. The molecule has 0 saturated heterocycles. The molecule has 35 heavy (non-hydrogen) atoms. The Morgan fingerprint density at radius 3 is 1.60 bits per heavy atom. The summed E-state index contributed by atoms with van der Waals surface area (Å²) >= 11 is 0. The number of pyridine rings is 2. The Morgan fingerprint density at radius 1 is 0.600 bits per heavy atom. The molecule has 0 unspecified atom stereocenters. The van der Waals surface area contributed by atoms with Gasteiger partial charge in [-0.25, -0.2) is 9.97 Å². The molecule has 0 atom stereocenters. The van der Waals surface area contributed by atoms with Crippen LogP contribution >= 0.6 is 0 Å². The van der Waals surface area contributed by atoms with E-state index in [1.165, 1.54) is 25.7 Å². The molecule has 1 aliphatic rings. The number of nitrogen functional groups attached to an aromatic ring is 1. The van der Waals surface area contributed by atoms with E-state index in [1.807, 2.05) is 85.1 Å². The van der Waals surface area contributed by atoms with E-state index < -0.39 is 0 Å². The van der Waals surface area contributed by atoms with Gasteiger partial charge in [0, 0.05) is 40.7 Å². The van der Waals surface area contributed by atoms with Crippen LogP contribution < -0.4 is 11.1 Å². The van der Waals surface area contributed by atoms with Crippen LogP contribution in [0, 0.1) is 23.7 Å². The number of nitrogens with two attached hydrogens (primary N) is 1. The summed E-state index contributed by atoms with van der Waals surface area (Å²) < 4.78 is 0. The van der Waals surface area contributed by atoms with Gasteiger partial charge < -0.3 is 11.1 Å². The largest absolute Gasteiger partial charge is 0.384 e. The van der Waals surface area contributed by atoms with Gasteiger partial charge in [-0.2, -0.15) is 0 Å². The highest BCUT2D eigenvalue weighted by Crippen LogP contribution is 2.21. The zero-order valence-electron chi connectivity index (χ0n) is 19.6. The second kappa shape index (κ2) is 12.6. The first-order valence-corrected chi connectivity index (χ1v) is 11.8. The highest BCUT2D eigenvalue weighted by Gasteiger charge is 2.14. The van der Waals surface area contributed by atoms with Crippen molar-refractivity contribution in [2.24, 2.45) is 0 Å². The first-order chi connectivity index (χ1) is 17.2. The number of benzene rings is 2. The summed E-state index contributed by atoms with van der Waals surface area (Å²) in [5.74, 6) is 13.8. The van der Waals surface area contributed by atoms with Gasteiger partial charge in [0.05, 0.1) is 0 Å². The van der Waals surface area contributed by atoms with E-state index in [4.69, 9.17) is 5.73 Å². The molecule has 1 saturated carbocycles. The van der Waals surface area contributed by atoms with Crippen molar-refractivity contribution in [3.63, 3.8) is 0 Å².